The second kappa shape index (κ2) is 5.43. The summed E-state index contributed by atoms with van der Waals surface area (Å²) < 4.78 is 18.2. The van der Waals surface area contributed by atoms with Gasteiger partial charge in [0.1, 0.15) is 5.82 Å². The van der Waals surface area contributed by atoms with E-state index in [0.29, 0.717) is 5.01 Å². The zero-order chi connectivity index (χ0) is 14.9. The number of anilines is 1. The predicted molar refractivity (Wildman–Crippen MR) is 69.9 cm³/mol. The first-order valence-corrected chi connectivity index (χ1v) is 5.89. The summed E-state index contributed by atoms with van der Waals surface area (Å²) in [5.41, 5.74) is 0.138. The zero-order valence-electron chi connectivity index (χ0n) is 10.3. The molecule has 0 aliphatic carbocycles. The van der Waals surface area contributed by atoms with Crippen LogP contribution in [0, 0.1) is 5.82 Å². The summed E-state index contributed by atoms with van der Waals surface area (Å²) in [5, 5.41) is 9.93. The quantitative estimate of drug-likeness (QED) is 0.499. The summed E-state index contributed by atoms with van der Waals surface area (Å²) in [6.45, 7) is 1.70. The lowest BCUT2D eigenvalue weighted by Gasteiger charge is -2.16. The molecule has 0 fully saturated rings. The van der Waals surface area contributed by atoms with Crippen LogP contribution in [-0.2, 0) is 4.74 Å². The SMILES string of the molecule is CCOC(=O)N(N)c1nc(O)nc2cc(Cl)c(F)cc12. The number of amides is 1. The zero-order valence-corrected chi connectivity index (χ0v) is 11.1. The number of halogens is 2. The van der Waals surface area contributed by atoms with E-state index < -0.39 is 17.9 Å². The van der Waals surface area contributed by atoms with Crippen LogP contribution >= 0.6 is 11.6 Å². The molecule has 0 aliphatic heterocycles. The van der Waals surface area contributed by atoms with E-state index in [0.717, 1.165) is 6.07 Å². The third-order valence-electron chi connectivity index (χ3n) is 2.40. The van der Waals surface area contributed by atoms with Crippen molar-refractivity contribution in [3.63, 3.8) is 0 Å². The molecular formula is C11H10ClFN4O3. The number of carbonyl (C=O) groups is 1. The van der Waals surface area contributed by atoms with Gasteiger partial charge < -0.3 is 9.84 Å². The molecule has 20 heavy (non-hydrogen) atoms. The number of fused-ring (bicyclic) bond motifs is 1. The number of carbonyl (C=O) groups excluding carboxylic acids is 1. The van der Waals surface area contributed by atoms with E-state index in [2.05, 4.69) is 9.97 Å². The molecule has 9 heteroatoms. The van der Waals surface area contributed by atoms with Crippen molar-refractivity contribution in [2.45, 2.75) is 6.92 Å². The number of aromatic nitrogens is 2. The van der Waals surface area contributed by atoms with Crippen LogP contribution in [0.4, 0.5) is 15.0 Å². The molecule has 0 spiro atoms. The number of ether oxygens (including phenoxy) is 1. The smallest absolute Gasteiger partial charge is 0.430 e. The maximum absolute atomic E-state index is 13.5. The molecule has 1 amide bonds. The van der Waals surface area contributed by atoms with Gasteiger partial charge in [-0.15, -0.1) is 0 Å². The van der Waals surface area contributed by atoms with Gasteiger partial charge in [-0.1, -0.05) is 11.6 Å². The largest absolute Gasteiger partial charge is 0.479 e. The van der Waals surface area contributed by atoms with Crippen LogP contribution in [0.1, 0.15) is 6.92 Å². The van der Waals surface area contributed by atoms with E-state index in [9.17, 15) is 14.3 Å². The van der Waals surface area contributed by atoms with Crippen LogP contribution in [0.2, 0.25) is 5.02 Å². The number of benzene rings is 1. The molecule has 0 saturated heterocycles. The summed E-state index contributed by atoms with van der Waals surface area (Å²) >= 11 is 5.63. The molecule has 0 bridgehead atoms. The second-order valence-electron chi connectivity index (χ2n) is 3.70. The second-order valence-corrected chi connectivity index (χ2v) is 4.11. The van der Waals surface area contributed by atoms with Gasteiger partial charge in [-0.25, -0.2) is 15.0 Å². The van der Waals surface area contributed by atoms with Crippen LogP contribution < -0.4 is 10.9 Å². The summed E-state index contributed by atoms with van der Waals surface area (Å²) in [7, 11) is 0. The Kier molecular flexibility index (Phi) is 3.86. The van der Waals surface area contributed by atoms with Crippen molar-refractivity contribution in [1.82, 2.24) is 9.97 Å². The number of hydrazine groups is 1. The van der Waals surface area contributed by atoms with Crippen molar-refractivity contribution < 1.29 is 19.0 Å². The van der Waals surface area contributed by atoms with Crippen LogP contribution in [0.5, 0.6) is 6.01 Å². The molecule has 7 nitrogen and oxygen atoms in total. The van der Waals surface area contributed by atoms with Crippen molar-refractivity contribution in [2.24, 2.45) is 5.84 Å². The molecule has 2 aromatic rings. The Morgan fingerprint density at radius 1 is 1.55 bits per heavy atom. The van der Waals surface area contributed by atoms with Crippen molar-refractivity contribution in [1.29, 1.82) is 0 Å². The van der Waals surface area contributed by atoms with Gasteiger partial charge in [0.2, 0.25) is 0 Å². The third kappa shape index (κ3) is 2.56. The average molecular weight is 301 g/mol. The summed E-state index contributed by atoms with van der Waals surface area (Å²) in [6.07, 6.45) is -0.901. The lowest BCUT2D eigenvalue weighted by atomic mass is 10.2. The summed E-state index contributed by atoms with van der Waals surface area (Å²) in [5.74, 6) is 4.63. The van der Waals surface area contributed by atoms with E-state index in [1.165, 1.54) is 6.07 Å². The molecule has 1 aromatic carbocycles. The fraction of sp³-hybridized carbons (Fsp3) is 0.182. The monoisotopic (exact) mass is 300 g/mol. The van der Waals surface area contributed by atoms with Crippen molar-refractivity contribution in [2.75, 3.05) is 11.6 Å². The van der Waals surface area contributed by atoms with Crippen LogP contribution in [0.3, 0.4) is 0 Å². The molecule has 3 N–H and O–H groups in total. The Bertz CT molecular complexity index is 682. The van der Waals surface area contributed by atoms with E-state index in [4.69, 9.17) is 22.2 Å². The van der Waals surface area contributed by atoms with E-state index >= 15 is 0 Å². The number of nitrogens with zero attached hydrogens (tertiary/aromatic N) is 3. The maximum atomic E-state index is 13.5. The van der Waals surface area contributed by atoms with Crippen molar-refractivity contribution in [3.8, 4) is 6.01 Å². The predicted octanol–water partition coefficient (Wildman–Crippen LogP) is 1.96. The topological polar surface area (TPSA) is 102 Å². The van der Waals surface area contributed by atoms with E-state index in [1.54, 1.807) is 6.92 Å². The van der Waals surface area contributed by atoms with Gasteiger partial charge in [-0.05, 0) is 19.1 Å². The van der Waals surface area contributed by atoms with Crippen LogP contribution in [-0.4, -0.2) is 27.8 Å². The highest BCUT2D eigenvalue weighted by atomic mass is 35.5. The molecule has 0 atom stereocenters. The first kappa shape index (κ1) is 14.2. The molecule has 1 aromatic heterocycles. The third-order valence-corrected chi connectivity index (χ3v) is 2.69. The normalized spacial score (nSPS) is 10.6. The molecule has 0 radical (unpaired) electrons. The Morgan fingerprint density at radius 3 is 2.90 bits per heavy atom. The first-order chi connectivity index (χ1) is 9.43. The first-order valence-electron chi connectivity index (χ1n) is 5.51. The molecule has 2 rings (SSSR count). The fourth-order valence-electron chi connectivity index (χ4n) is 1.56. The number of nitrogens with two attached hydrogens (primary N) is 1. The van der Waals surface area contributed by atoms with Crippen LogP contribution in [0.15, 0.2) is 12.1 Å². The Hall–Kier alpha value is -2.19. The molecule has 0 unspecified atom stereocenters. The van der Waals surface area contributed by atoms with Gasteiger partial charge in [0.25, 0.3) is 0 Å². The number of aromatic hydroxyl groups is 1. The van der Waals surface area contributed by atoms with E-state index in [1.807, 2.05) is 0 Å². The van der Waals surface area contributed by atoms with Crippen LogP contribution in [0.25, 0.3) is 10.9 Å². The molecule has 1 heterocycles. The molecular weight excluding hydrogens is 291 g/mol. The van der Waals surface area contributed by atoms with Crippen molar-refractivity contribution >= 4 is 34.4 Å². The molecule has 0 saturated carbocycles. The standard InChI is InChI=1S/C11H10ClFN4O3/c1-2-20-11(19)17(14)9-5-3-7(13)6(12)4-8(5)15-10(18)16-9/h3-4H,2,14H2,1H3,(H,15,16,18). The van der Waals surface area contributed by atoms with E-state index in [-0.39, 0.29) is 28.4 Å². The Balaban J connectivity index is 2.62. The highest BCUT2D eigenvalue weighted by molar-refractivity contribution is 6.31. The molecule has 106 valence electrons. The number of rotatable bonds is 2. The highest BCUT2D eigenvalue weighted by Gasteiger charge is 2.20. The average Bonchev–Trinajstić information content (AvgIpc) is 2.39. The number of hydrogen-bond acceptors (Lipinski definition) is 6. The summed E-state index contributed by atoms with van der Waals surface area (Å²) in [6, 6.07) is 1.58. The van der Waals surface area contributed by atoms with Gasteiger partial charge in [-0.2, -0.15) is 15.0 Å². The van der Waals surface area contributed by atoms with Gasteiger partial charge in [0.05, 0.1) is 17.1 Å². The van der Waals surface area contributed by atoms with Gasteiger partial charge in [-0.3, -0.25) is 0 Å². The van der Waals surface area contributed by atoms with Gasteiger partial charge >= 0.3 is 12.1 Å². The number of hydrogen-bond donors (Lipinski definition) is 2. The van der Waals surface area contributed by atoms with Crippen molar-refractivity contribution in [3.05, 3.63) is 23.0 Å². The fourth-order valence-corrected chi connectivity index (χ4v) is 1.72. The Morgan fingerprint density at radius 2 is 2.25 bits per heavy atom. The lowest BCUT2D eigenvalue weighted by Crippen LogP contribution is -2.38. The minimum Gasteiger partial charge on any atom is -0.479 e. The minimum atomic E-state index is -0.901. The lowest BCUT2D eigenvalue weighted by molar-refractivity contribution is 0.159. The summed E-state index contributed by atoms with van der Waals surface area (Å²) in [4.78, 5) is 18.9. The maximum Gasteiger partial charge on any atom is 0.430 e. The van der Waals surface area contributed by atoms with Gasteiger partial charge in [0.15, 0.2) is 5.82 Å². The highest BCUT2D eigenvalue weighted by Crippen LogP contribution is 2.29. The Labute approximate surface area is 117 Å². The minimum absolute atomic E-state index is 0.0989. The molecule has 0 aliphatic rings. The van der Waals surface area contributed by atoms with Gasteiger partial charge in [0, 0.05) is 5.39 Å².